The van der Waals surface area contributed by atoms with Gasteiger partial charge >= 0.3 is 0 Å². The smallest absolute Gasteiger partial charge is 0.251 e. The molecule has 0 fully saturated rings. The van der Waals surface area contributed by atoms with Gasteiger partial charge in [-0.3, -0.25) is 4.79 Å². The van der Waals surface area contributed by atoms with Crippen LogP contribution < -0.4 is 10.2 Å². The van der Waals surface area contributed by atoms with Crippen LogP contribution in [0, 0.1) is 13.8 Å². The standard InChI is InChI=1S/C23H24N2O2/c1-16-9-10-19(14-17(16)2)23(26)24-15-21(22-8-5-13-27-22)25-12-11-18-6-3-4-7-20(18)25/h3-10,13-14,21H,11-12,15H2,1-2H3,(H,24,26)/t21-/m1/s1. The van der Waals surface area contributed by atoms with Gasteiger partial charge in [0.05, 0.1) is 6.26 Å². The quantitative estimate of drug-likeness (QED) is 0.732. The summed E-state index contributed by atoms with van der Waals surface area (Å²) in [7, 11) is 0. The Bertz CT molecular complexity index is 947. The lowest BCUT2D eigenvalue weighted by Gasteiger charge is -2.29. The van der Waals surface area contributed by atoms with Crippen molar-refractivity contribution in [3.63, 3.8) is 0 Å². The second-order valence-electron chi connectivity index (χ2n) is 7.11. The number of para-hydroxylation sites is 1. The van der Waals surface area contributed by atoms with E-state index in [1.54, 1.807) is 6.26 Å². The number of carbonyl (C=O) groups is 1. The average molecular weight is 360 g/mol. The Kier molecular flexibility index (Phi) is 4.71. The van der Waals surface area contributed by atoms with E-state index in [1.165, 1.54) is 16.8 Å². The molecule has 1 aliphatic rings. The molecule has 0 aliphatic carbocycles. The van der Waals surface area contributed by atoms with E-state index in [2.05, 4.69) is 41.4 Å². The van der Waals surface area contributed by atoms with Crippen LogP contribution >= 0.6 is 0 Å². The largest absolute Gasteiger partial charge is 0.467 e. The number of furan rings is 1. The van der Waals surface area contributed by atoms with Crippen molar-refractivity contribution in [1.29, 1.82) is 0 Å². The molecule has 4 rings (SSSR count). The van der Waals surface area contributed by atoms with Crippen molar-refractivity contribution >= 4 is 11.6 Å². The van der Waals surface area contributed by atoms with Crippen LogP contribution in [0.3, 0.4) is 0 Å². The van der Waals surface area contributed by atoms with E-state index in [9.17, 15) is 4.79 Å². The molecule has 0 unspecified atom stereocenters. The monoisotopic (exact) mass is 360 g/mol. The summed E-state index contributed by atoms with van der Waals surface area (Å²) in [5.74, 6) is 0.814. The van der Waals surface area contributed by atoms with Crippen LogP contribution in [0.15, 0.2) is 65.3 Å². The number of rotatable bonds is 5. The van der Waals surface area contributed by atoms with Gasteiger partial charge < -0.3 is 14.6 Å². The second kappa shape index (κ2) is 7.31. The first-order chi connectivity index (χ1) is 13.1. The molecule has 1 atom stereocenters. The van der Waals surface area contributed by atoms with E-state index in [0.29, 0.717) is 12.1 Å². The molecule has 3 aromatic rings. The molecule has 138 valence electrons. The number of amides is 1. The number of nitrogens with zero attached hydrogens (tertiary/aromatic N) is 1. The number of fused-ring (bicyclic) bond motifs is 1. The normalized spacial score (nSPS) is 14.1. The first kappa shape index (κ1) is 17.4. The van der Waals surface area contributed by atoms with Crippen molar-refractivity contribution < 1.29 is 9.21 Å². The molecule has 4 heteroatoms. The highest BCUT2D eigenvalue weighted by Gasteiger charge is 2.29. The van der Waals surface area contributed by atoms with Crippen molar-refractivity contribution in [2.24, 2.45) is 0 Å². The summed E-state index contributed by atoms with van der Waals surface area (Å²) in [4.78, 5) is 15.0. The Hall–Kier alpha value is -3.01. The topological polar surface area (TPSA) is 45.5 Å². The van der Waals surface area contributed by atoms with Crippen LogP contribution in [-0.2, 0) is 6.42 Å². The molecule has 27 heavy (non-hydrogen) atoms. The SMILES string of the molecule is Cc1ccc(C(=O)NC[C@H](c2ccco2)N2CCc3ccccc32)cc1C. The van der Waals surface area contributed by atoms with Crippen molar-refractivity contribution in [2.75, 3.05) is 18.0 Å². The maximum Gasteiger partial charge on any atom is 0.251 e. The number of anilines is 1. The highest BCUT2D eigenvalue weighted by Crippen LogP contribution is 2.35. The van der Waals surface area contributed by atoms with Crippen molar-refractivity contribution in [3.8, 4) is 0 Å². The van der Waals surface area contributed by atoms with Gasteiger partial charge in [-0.1, -0.05) is 24.3 Å². The number of nitrogens with one attached hydrogen (secondary N) is 1. The number of carbonyl (C=O) groups excluding carboxylic acids is 1. The summed E-state index contributed by atoms with van der Waals surface area (Å²) in [5, 5.41) is 3.10. The van der Waals surface area contributed by atoms with Crippen molar-refractivity contribution in [3.05, 3.63) is 88.9 Å². The molecule has 2 aromatic carbocycles. The van der Waals surface area contributed by atoms with Crippen LogP contribution in [0.5, 0.6) is 0 Å². The van der Waals surface area contributed by atoms with E-state index >= 15 is 0 Å². The highest BCUT2D eigenvalue weighted by molar-refractivity contribution is 5.94. The molecule has 0 saturated carbocycles. The van der Waals surface area contributed by atoms with Gasteiger partial charge in [-0.05, 0) is 67.3 Å². The molecular weight excluding hydrogens is 336 g/mol. The van der Waals surface area contributed by atoms with Crippen LogP contribution in [0.4, 0.5) is 5.69 Å². The Labute approximate surface area is 159 Å². The fraction of sp³-hybridized carbons (Fsp3) is 0.261. The maximum atomic E-state index is 12.7. The van der Waals surface area contributed by atoms with Crippen LogP contribution in [0.2, 0.25) is 0 Å². The molecule has 2 heterocycles. The van der Waals surface area contributed by atoms with Gasteiger partial charge in [0.25, 0.3) is 5.91 Å². The predicted molar refractivity (Wildman–Crippen MR) is 107 cm³/mol. The number of hydrogen-bond acceptors (Lipinski definition) is 3. The van der Waals surface area contributed by atoms with E-state index in [4.69, 9.17) is 4.42 Å². The molecule has 0 spiro atoms. The minimum Gasteiger partial charge on any atom is -0.467 e. The molecule has 4 nitrogen and oxygen atoms in total. The number of hydrogen-bond donors (Lipinski definition) is 1. The molecule has 1 aliphatic heterocycles. The fourth-order valence-corrected chi connectivity index (χ4v) is 3.71. The van der Waals surface area contributed by atoms with Gasteiger partial charge in [-0.15, -0.1) is 0 Å². The third kappa shape index (κ3) is 3.47. The summed E-state index contributed by atoms with van der Waals surface area (Å²) in [6, 6.07) is 18.1. The van der Waals surface area contributed by atoms with Crippen LogP contribution in [0.1, 0.15) is 38.9 Å². The minimum atomic E-state index is -0.0536. The molecule has 1 N–H and O–H groups in total. The average Bonchev–Trinajstić information content (AvgIpc) is 3.35. The van der Waals surface area contributed by atoms with E-state index in [-0.39, 0.29) is 11.9 Å². The minimum absolute atomic E-state index is 0.0286. The third-order valence-corrected chi connectivity index (χ3v) is 5.40. The van der Waals surface area contributed by atoms with E-state index in [1.807, 2.05) is 37.3 Å². The number of benzene rings is 2. The highest BCUT2D eigenvalue weighted by atomic mass is 16.3. The summed E-state index contributed by atoms with van der Waals surface area (Å²) in [6.07, 6.45) is 2.70. The van der Waals surface area contributed by atoms with E-state index < -0.39 is 0 Å². The number of aryl methyl sites for hydroxylation is 2. The van der Waals surface area contributed by atoms with E-state index in [0.717, 1.165) is 24.3 Å². The van der Waals surface area contributed by atoms with Gasteiger partial charge in [-0.25, -0.2) is 0 Å². The molecule has 1 amide bonds. The summed E-state index contributed by atoms with van der Waals surface area (Å²) in [5.41, 5.74) is 5.57. The zero-order chi connectivity index (χ0) is 18.8. The Morgan fingerprint density at radius 3 is 2.74 bits per heavy atom. The molecule has 0 radical (unpaired) electrons. The zero-order valence-electron chi connectivity index (χ0n) is 15.7. The first-order valence-electron chi connectivity index (χ1n) is 9.37. The maximum absolute atomic E-state index is 12.7. The summed E-state index contributed by atoms with van der Waals surface area (Å²) in [6.45, 7) is 5.49. The lowest BCUT2D eigenvalue weighted by Crippen LogP contribution is -2.37. The van der Waals surface area contributed by atoms with Crippen LogP contribution in [-0.4, -0.2) is 19.0 Å². The van der Waals surface area contributed by atoms with Gasteiger partial charge in [0.1, 0.15) is 11.8 Å². The Morgan fingerprint density at radius 1 is 1.11 bits per heavy atom. The van der Waals surface area contributed by atoms with Gasteiger partial charge in [0.15, 0.2) is 0 Å². The lowest BCUT2D eigenvalue weighted by molar-refractivity contribution is 0.0950. The van der Waals surface area contributed by atoms with Crippen LogP contribution in [0.25, 0.3) is 0 Å². The molecular formula is C23H24N2O2. The lowest BCUT2D eigenvalue weighted by atomic mass is 10.1. The second-order valence-corrected chi connectivity index (χ2v) is 7.11. The zero-order valence-corrected chi connectivity index (χ0v) is 15.7. The van der Waals surface area contributed by atoms with Gasteiger partial charge in [0.2, 0.25) is 0 Å². The Morgan fingerprint density at radius 2 is 1.96 bits per heavy atom. The molecule has 1 aromatic heterocycles. The van der Waals surface area contributed by atoms with Crippen molar-refractivity contribution in [1.82, 2.24) is 5.32 Å². The first-order valence-corrected chi connectivity index (χ1v) is 9.37. The van der Waals surface area contributed by atoms with Gasteiger partial charge in [0, 0.05) is 24.3 Å². The third-order valence-electron chi connectivity index (χ3n) is 5.40. The molecule has 0 saturated heterocycles. The summed E-state index contributed by atoms with van der Waals surface area (Å²) < 4.78 is 5.70. The predicted octanol–water partition coefficient (Wildman–Crippen LogP) is 4.43. The van der Waals surface area contributed by atoms with Gasteiger partial charge in [-0.2, -0.15) is 0 Å². The summed E-state index contributed by atoms with van der Waals surface area (Å²) >= 11 is 0. The Balaban J connectivity index is 1.54. The molecule has 0 bridgehead atoms. The fourth-order valence-electron chi connectivity index (χ4n) is 3.71. The van der Waals surface area contributed by atoms with Crippen molar-refractivity contribution in [2.45, 2.75) is 26.3 Å².